The first kappa shape index (κ1) is 13.3. The van der Waals surface area contributed by atoms with Crippen LogP contribution < -0.4 is 0 Å². The van der Waals surface area contributed by atoms with Gasteiger partial charge >= 0.3 is 12.1 Å². The number of rotatable bonds is 2. The molecule has 0 aliphatic carbocycles. The number of amides is 1. The van der Waals surface area contributed by atoms with Gasteiger partial charge in [-0.3, -0.25) is 4.79 Å². The summed E-state index contributed by atoms with van der Waals surface area (Å²) in [5.41, 5.74) is -0.0693. The molecule has 0 unspecified atom stereocenters. The van der Waals surface area contributed by atoms with Crippen molar-refractivity contribution in [3.8, 4) is 0 Å². The molecule has 84 valence electrons. The zero-order chi connectivity index (χ0) is 11.6. The van der Waals surface area contributed by atoms with Gasteiger partial charge in [-0.25, -0.2) is 0 Å². The van der Waals surface area contributed by atoms with Crippen LogP contribution in [0.5, 0.6) is 0 Å². The molecule has 0 fully saturated rings. The maximum atomic E-state index is 11.9. The van der Waals surface area contributed by atoms with E-state index in [9.17, 15) is 18.0 Å². The largest absolute Gasteiger partial charge is 0.471 e. The van der Waals surface area contributed by atoms with Crippen molar-refractivity contribution in [1.29, 1.82) is 0 Å². The van der Waals surface area contributed by atoms with E-state index in [4.69, 9.17) is 0 Å². The van der Waals surface area contributed by atoms with Crippen LogP contribution in [0.4, 0.5) is 13.2 Å². The minimum Gasteiger partial charge on any atom is -0.338 e. The van der Waals surface area contributed by atoms with Gasteiger partial charge in [0, 0.05) is 13.6 Å². The molecule has 0 aliphatic rings. The Morgan fingerprint density at radius 2 is 1.64 bits per heavy atom. The monoisotopic (exact) mass is 211 g/mol. The third kappa shape index (κ3) is 5.09. The molecule has 5 heteroatoms. The molecule has 0 bridgehead atoms. The first-order valence-corrected chi connectivity index (χ1v) is 4.36. The molecule has 0 heterocycles. The Balaban J connectivity index is 4.11. The summed E-state index contributed by atoms with van der Waals surface area (Å²) in [7, 11) is 1.17. The van der Waals surface area contributed by atoms with Crippen LogP contribution in [0, 0.1) is 5.41 Å². The van der Waals surface area contributed by atoms with Gasteiger partial charge in [0.25, 0.3) is 0 Å². The predicted octanol–water partition coefficient (Wildman–Crippen LogP) is 2.44. The second kappa shape index (κ2) is 4.19. The van der Waals surface area contributed by atoms with E-state index in [1.165, 1.54) is 7.05 Å². The molecule has 0 rings (SSSR count). The molecule has 14 heavy (non-hydrogen) atoms. The summed E-state index contributed by atoms with van der Waals surface area (Å²) in [5.74, 6) is -1.78. The van der Waals surface area contributed by atoms with E-state index >= 15 is 0 Å². The highest BCUT2D eigenvalue weighted by Gasteiger charge is 2.41. The first-order valence-electron chi connectivity index (χ1n) is 4.36. The second-order valence-corrected chi connectivity index (χ2v) is 4.54. The fourth-order valence-corrected chi connectivity index (χ4v) is 0.821. The molecule has 0 aromatic heterocycles. The van der Waals surface area contributed by atoms with Crippen LogP contribution in [-0.4, -0.2) is 30.6 Å². The van der Waals surface area contributed by atoms with Crippen molar-refractivity contribution >= 4 is 5.91 Å². The standard InChI is InChI=1S/C9H16F3NO/c1-8(2,3)5-6-13(4)7(14)9(10,11)12/h5-6H2,1-4H3. The zero-order valence-electron chi connectivity index (χ0n) is 8.90. The fraction of sp³-hybridized carbons (Fsp3) is 0.889. The van der Waals surface area contributed by atoms with Gasteiger partial charge in [0.05, 0.1) is 0 Å². The number of alkyl halides is 3. The van der Waals surface area contributed by atoms with E-state index in [-0.39, 0.29) is 12.0 Å². The molecular weight excluding hydrogens is 195 g/mol. The van der Waals surface area contributed by atoms with E-state index in [0.717, 1.165) is 0 Å². The lowest BCUT2D eigenvalue weighted by Crippen LogP contribution is -2.39. The summed E-state index contributed by atoms with van der Waals surface area (Å²) in [6, 6.07) is 0. The van der Waals surface area contributed by atoms with E-state index in [0.29, 0.717) is 11.3 Å². The van der Waals surface area contributed by atoms with Crippen LogP contribution in [-0.2, 0) is 4.79 Å². The number of halogens is 3. The number of nitrogens with zero attached hydrogens (tertiary/aromatic N) is 1. The van der Waals surface area contributed by atoms with Crippen molar-refractivity contribution in [2.24, 2.45) is 5.41 Å². The van der Waals surface area contributed by atoms with Crippen molar-refractivity contribution in [2.75, 3.05) is 13.6 Å². The van der Waals surface area contributed by atoms with Crippen LogP contribution in [0.25, 0.3) is 0 Å². The van der Waals surface area contributed by atoms with Gasteiger partial charge in [0.2, 0.25) is 0 Å². The number of carbonyl (C=O) groups is 1. The zero-order valence-corrected chi connectivity index (χ0v) is 8.90. The summed E-state index contributed by atoms with van der Waals surface area (Å²) in [6.07, 6.45) is -4.21. The van der Waals surface area contributed by atoms with Crippen LogP contribution in [0.2, 0.25) is 0 Å². The lowest BCUT2D eigenvalue weighted by Gasteiger charge is -2.24. The summed E-state index contributed by atoms with van der Waals surface area (Å²) < 4.78 is 35.8. The summed E-state index contributed by atoms with van der Waals surface area (Å²) >= 11 is 0. The molecule has 1 amide bonds. The Morgan fingerprint density at radius 3 is 1.93 bits per heavy atom. The van der Waals surface area contributed by atoms with Gasteiger partial charge < -0.3 is 4.90 Å². The quantitative estimate of drug-likeness (QED) is 0.687. The van der Waals surface area contributed by atoms with Gasteiger partial charge in [0.15, 0.2) is 0 Å². The van der Waals surface area contributed by atoms with Crippen molar-refractivity contribution < 1.29 is 18.0 Å². The molecule has 0 atom stereocenters. The van der Waals surface area contributed by atoms with Crippen molar-refractivity contribution in [1.82, 2.24) is 4.90 Å². The van der Waals surface area contributed by atoms with Crippen molar-refractivity contribution in [3.63, 3.8) is 0 Å². The SMILES string of the molecule is CN(CCC(C)(C)C)C(=O)C(F)(F)F. The Bertz CT molecular complexity index is 205. The topological polar surface area (TPSA) is 20.3 Å². The average molecular weight is 211 g/mol. The fourth-order valence-electron chi connectivity index (χ4n) is 0.821. The third-order valence-electron chi connectivity index (χ3n) is 1.79. The summed E-state index contributed by atoms with van der Waals surface area (Å²) in [6.45, 7) is 5.87. The minimum absolute atomic E-state index is 0.0693. The Labute approximate surface area is 82.1 Å². The van der Waals surface area contributed by atoms with Crippen molar-refractivity contribution in [2.45, 2.75) is 33.4 Å². The Morgan fingerprint density at radius 1 is 1.21 bits per heavy atom. The number of hydrogen-bond donors (Lipinski definition) is 0. The highest BCUT2D eigenvalue weighted by Crippen LogP contribution is 2.21. The van der Waals surface area contributed by atoms with E-state index in [2.05, 4.69) is 0 Å². The normalized spacial score (nSPS) is 12.8. The molecule has 0 saturated carbocycles. The van der Waals surface area contributed by atoms with Crippen LogP contribution >= 0.6 is 0 Å². The summed E-state index contributed by atoms with van der Waals surface area (Å²) in [5, 5.41) is 0. The molecule has 0 aromatic carbocycles. The molecule has 0 radical (unpaired) electrons. The van der Waals surface area contributed by atoms with Gasteiger partial charge in [-0.15, -0.1) is 0 Å². The second-order valence-electron chi connectivity index (χ2n) is 4.54. The van der Waals surface area contributed by atoms with Crippen LogP contribution in [0.1, 0.15) is 27.2 Å². The van der Waals surface area contributed by atoms with Crippen LogP contribution in [0.15, 0.2) is 0 Å². The predicted molar refractivity (Wildman–Crippen MR) is 47.8 cm³/mol. The molecule has 0 N–H and O–H groups in total. The van der Waals surface area contributed by atoms with Crippen LogP contribution in [0.3, 0.4) is 0 Å². The lowest BCUT2D eigenvalue weighted by atomic mass is 9.92. The molecule has 0 aromatic rings. The Hall–Kier alpha value is -0.740. The maximum Gasteiger partial charge on any atom is 0.471 e. The smallest absolute Gasteiger partial charge is 0.338 e. The van der Waals surface area contributed by atoms with E-state index in [1.807, 2.05) is 20.8 Å². The molecular formula is C9H16F3NO. The molecule has 0 spiro atoms. The van der Waals surface area contributed by atoms with Gasteiger partial charge in [0.1, 0.15) is 0 Å². The third-order valence-corrected chi connectivity index (χ3v) is 1.79. The summed E-state index contributed by atoms with van der Waals surface area (Å²) in [4.78, 5) is 11.4. The molecule has 2 nitrogen and oxygen atoms in total. The number of hydrogen-bond acceptors (Lipinski definition) is 1. The van der Waals surface area contributed by atoms with E-state index in [1.54, 1.807) is 0 Å². The highest BCUT2D eigenvalue weighted by atomic mass is 19.4. The highest BCUT2D eigenvalue weighted by molar-refractivity contribution is 5.81. The molecule has 0 saturated heterocycles. The lowest BCUT2D eigenvalue weighted by molar-refractivity contribution is -0.184. The number of carbonyl (C=O) groups excluding carboxylic acids is 1. The van der Waals surface area contributed by atoms with Gasteiger partial charge in [-0.05, 0) is 11.8 Å². The minimum atomic E-state index is -4.76. The first-order chi connectivity index (χ1) is 6.04. The molecule has 0 aliphatic heterocycles. The Kier molecular flexibility index (Phi) is 3.97. The average Bonchev–Trinajstić information content (AvgIpc) is 1.95. The maximum absolute atomic E-state index is 11.9. The van der Waals surface area contributed by atoms with E-state index < -0.39 is 12.1 Å². The van der Waals surface area contributed by atoms with Crippen molar-refractivity contribution in [3.05, 3.63) is 0 Å². The van der Waals surface area contributed by atoms with Gasteiger partial charge in [-0.1, -0.05) is 20.8 Å². The van der Waals surface area contributed by atoms with Gasteiger partial charge in [-0.2, -0.15) is 13.2 Å².